The zero-order valence-corrected chi connectivity index (χ0v) is 13.8. The van der Waals surface area contributed by atoms with Gasteiger partial charge in [-0.05, 0) is 19.3 Å². The fourth-order valence-corrected chi connectivity index (χ4v) is 4.22. The number of piperidine rings is 1. The number of rotatable bonds is 3. The molecule has 4 heterocycles. The van der Waals surface area contributed by atoms with Gasteiger partial charge in [0.15, 0.2) is 5.13 Å². The third-order valence-electron chi connectivity index (χ3n) is 4.76. The lowest BCUT2D eigenvalue weighted by Gasteiger charge is -2.33. The van der Waals surface area contributed by atoms with E-state index >= 15 is 0 Å². The summed E-state index contributed by atoms with van der Waals surface area (Å²) in [7, 11) is 0. The minimum Gasteiger partial charge on any atom is -0.351 e. The summed E-state index contributed by atoms with van der Waals surface area (Å²) in [4.78, 5) is 23.6. The van der Waals surface area contributed by atoms with E-state index < -0.39 is 0 Å². The molecule has 0 bridgehead atoms. The van der Waals surface area contributed by atoms with Crippen LogP contribution in [0.4, 0.5) is 5.13 Å². The smallest absolute Gasteiger partial charge is 0.225 e. The van der Waals surface area contributed by atoms with Crippen molar-refractivity contribution in [2.45, 2.75) is 38.3 Å². The Morgan fingerprint density at radius 3 is 3.09 bits per heavy atom. The molecule has 2 aliphatic heterocycles. The van der Waals surface area contributed by atoms with Crippen LogP contribution in [0.15, 0.2) is 24.0 Å². The highest BCUT2D eigenvalue weighted by atomic mass is 32.1. The van der Waals surface area contributed by atoms with Gasteiger partial charge in [-0.25, -0.2) is 9.97 Å². The van der Waals surface area contributed by atoms with Crippen LogP contribution >= 0.6 is 11.3 Å². The predicted molar refractivity (Wildman–Crippen MR) is 89.5 cm³/mol. The molecule has 122 valence electrons. The maximum Gasteiger partial charge on any atom is 0.225 e. The minimum absolute atomic E-state index is 0.0665. The van der Waals surface area contributed by atoms with Gasteiger partial charge in [0, 0.05) is 56.1 Å². The topological polar surface area (TPSA) is 63.1 Å². The van der Waals surface area contributed by atoms with Crippen LogP contribution in [-0.2, 0) is 17.8 Å². The number of carbonyl (C=O) groups is 1. The van der Waals surface area contributed by atoms with Crippen molar-refractivity contribution in [1.29, 1.82) is 0 Å². The fraction of sp³-hybridized carbons (Fsp3) is 0.562. The van der Waals surface area contributed by atoms with Gasteiger partial charge in [-0.15, -0.1) is 11.3 Å². The summed E-state index contributed by atoms with van der Waals surface area (Å²) < 4.78 is 2.15. The third kappa shape index (κ3) is 3.10. The van der Waals surface area contributed by atoms with E-state index in [1.165, 1.54) is 0 Å². The predicted octanol–water partition coefficient (Wildman–Crippen LogP) is 1.69. The number of nitrogens with one attached hydrogen (secondary N) is 1. The van der Waals surface area contributed by atoms with Crippen molar-refractivity contribution in [3.63, 3.8) is 0 Å². The first-order valence-corrected chi connectivity index (χ1v) is 9.12. The molecular weight excluding hydrogens is 310 g/mol. The normalized spacial score (nSPS) is 24.3. The summed E-state index contributed by atoms with van der Waals surface area (Å²) in [6.45, 7) is 2.62. The van der Waals surface area contributed by atoms with E-state index in [9.17, 15) is 4.79 Å². The minimum atomic E-state index is 0.0665. The lowest BCUT2D eigenvalue weighted by Crippen LogP contribution is -2.48. The highest BCUT2D eigenvalue weighted by molar-refractivity contribution is 7.13. The van der Waals surface area contributed by atoms with Crippen molar-refractivity contribution in [2.24, 2.45) is 5.92 Å². The lowest BCUT2D eigenvalue weighted by molar-refractivity contribution is -0.126. The molecule has 1 fully saturated rings. The van der Waals surface area contributed by atoms with E-state index in [2.05, 4.69) is 24.8 Å². The Kier molecular flexibility index (Phi) is 4.03. The van der Waals surface area contributed by atoms with Crippen LogP contribution < -0.4 is 10.2 Å². The zero-order valence-electron chi connectivity index (χ0n) is 13.0. The number of anilines is 1. The number of hydrogen-bond donors (Lipinski definition) is 1. The molecule has 2 aromatic rings. The Morgan fingerprint density at radius 2 is 2.22 bits per heavy atom. The standard InChI is InChI=1S/C16H21N5OS/c22-15(19-13-3-4-14-17-5-8-20(14)11-13)12-2-1-7-21(10-12)16-18-6-9-23-16/h5-6,8-9,12-13H,1-4,7,10-11H2,(H,19,22)/t12-,13+/m1/s1. The highest BCUT2D eigenvalue weighted by Crippen LogP contribution is 2.25. The Bertz CT molecular complexity index is 668. The molecule has 0 aliphatic carbocycles. The number of aromatic nitrogens is 3. The van der Waals surface area contributed by atoms with Gasteiger partial charge in [-0.3, -0.25) is 4.79 Å². The fourth-order valence-electron chi connectivity index (χ4n) is 3.54. The summed E-state index contributed by atoms with van der Waals surface area (Å²) in [6.07, 6.45) is 9.60. The average Bonchev–Trinajstić information content (AvgIpc) is 3.26. The monoisotopic (exact) mass is 331 g/mol. The molecular formula is C16H21N5OS. The second-order valence-electron chi connectivity index (χ2n) is 6.34. The van der Waals surface area contributed by atoms with Gasteiger partial charge in [-0.2, -0.15) is 0 Å². The van der Waals surface area contributed by atoms with Crippen LogP contribution in [0, 0.1) is 5.92 Å². The zero-order chi connectivity index (χ0) is 15.6. The van der Waals surface area contributed by atoms with Gasteiger partial charge in [-0.1, -0.05) is 0 Å². The second-order valence-corrected chi connectivity index (χ2v) is 7.21. The van der Waals surface area contributed by atoms with Crippen LogP contribution in [0.25, 0.3) is 0 Å². The molecule has 23 heavy (non-hydrogen) atoms. The summed E-state index contributed by atoms with van der Waals surface area (Å²) in [5, 5.41) is 6.27. The maximum atomic E-state index is 12.7. The number of amides is 1. The van der Waals surface area contributed by atoms with Gasteiger partial charge in [0.05, 0.1) is 5.92 Å². The van der Waals surface area contributed by atoms with Crippen LogP contribution in [0.2, 0.25) is 0 Å². The molecule has 7 heteroatoms. The van der Waals surface area contributed by atoms with Crippen molar-refractivity contribution in [2.75, 3.05) is 18.0 Å². The van der Waals surface area contributed by atoms with Crippen LogP contribution in [0.3, 0.4) is 0 Å². The number of imidazole rings is 1. The number of hydrogen-bond acceptors (Lipinski definition) is 5. The van der Waals surface area contributed by atoms with E-state index in [-0.39, 0.29) is 17.9 Å². The molecule has 0 unspecified atom stereocenters. The number of carbonyl (C=O) groups excluding carboxylic acids is 1. The number of aryl methyl sites for hydroxylation is 1. The molecule has 0 aromatic carbocycles. The first-order valence-electron chi connectivity index (χ1n) is 8.24. The van der Waals surface area contributed by atoms with Crippen molar-refractivity contribution in [3.8, 4) is 0 Å². The van der Waals surface area contributed by atoms with Crippen molar-refractivity contribution in [1.82, 2.24) is 19.9 Å². The second kappa shape index (κ2) is 6.31. The number of thiazole rings is 1. The molecule has 0 saturated carbocycles. The molecule has 0 radical (unpaired) electrons. The molecule has 0 spiro atoms. The Hall–Kier alpha value is -1.89. The Balaban J connectivity index is 1.36. The SMILES string of the molecule is O=C(N[C@H]1CCc2nccn2C1)[C@@H]1CCCN(c2nccs2)C1. The molecule has 2 atom stereocenters. The van der Waals surface area contributed by atoms with Gasteiger partial charge in [0.25, 0.3) is 0 Å². The molecule has 1 amide bonds. The molecule has 2 aliphatic rings. The molecule has 4 rings (SSSR count). The van der Waals surface area contributed by atoms with Gasteiger partial charge in [0.1, 0.15) is 5.82 Å². The van der Waals surface area contributed by atoms with Crippen LogP contribution in [0.1, 0.15) is 25.1 Å². The highest BCUT2D eigenvalue weighted by Gasteiger charge is 2.29. The summed E-state index contributed by atoms with van der Waals surface area (Å²) >= 11 is 1.64. The third-order valence-corrected chi connectivity index (χ3v) is 5.60. The molecule has 1 N–H and O–H groups in total. The van der Waals surface area contributed by atoms with Crippen LogP contribution in [0.5, 0.6) is 0 Å². The molecule has 1 saturated heterocycles. The lowest BCUT2D eigenvalue weighted by atomic mass is 9.96. The first-order chi connectivity index (χ1) is 11.3. The van der Waals surface area contributed by atoms with E-state index in [1.807, 2.05) is 24.0 Å². The van der Waals surface area contributed by atoms with Crippen LogP contribution in [-0.4, -0.2) is 39.6 Å². The van der Waals surface area contributed by atoms with Crippen molar-refractivity contribution < 1.29 is 4.79 Å². The van der Waals surface area contributed by atoms with E-state index in [0.29, 0.717) is 0 Å². The number of fused-ring (bicyclic) bond motifs is 1. The van der Waals surface area contributed by atoms with Gasteiger partial charge < -0.3 is 14.8 Å². The van der Waals surface area contributed by atoms with Crippen molar-refractivity contribution in [3.05, 3.63) is 29.8 Å². The summed E-state index contributed by atoms with van der Waals surface area (Å²) in [5.41, 5.74) is 0. The first kappa shape index (κ1) is 14.7. The molecule has 2 aromatic heterocycles. The largest absolute Gasteiger partial charge is 0.351 e. The Morgan fingerprint density at radius 1 is 1.26 bits per heavy atom. The maximum absolute atomic E-state index is 12.7. The van der Waals surface area contributed by atoms with E-state index in [0.717, 1.165) is 56.3 Å². The summed E-state index contributed by atoms with van der Waals surface area (Å²) in [6, 6.07) is 0.222. The Labute approximate surface area is 139 Å². The van der Waals surface area contributed by atoms with E-state index in [4.69, 9.17) is 0 Å². The van der Waals surface area contributed by atoms with E-state index in [1.54, 1.807) is 11.3 Å². The number of nitrogens with zero attached hydrogens (tertiary/aromatic N) is 4. The quantitative estimate of drug-likeness (QED) is 0.930. The van der Waals surface area contributed by atoms with Gasteiger partial charge in [0.2, 0.25) is 5.91 Å². The summed E-state index contributed by atoms with van der Waals surface area (Å²) in [5.74, 6) is 1.39. The van der Waals surface area contributed by atoms with Gasteiger partial charge >= 0.3 is 0 Å². The average molecular weight is 331 g/mol. The molecule has 6 nitrogen and oxygen atoms in total. The van der Waals surface area contributed by atoms with Crippen molar-refractivity contribution >= 4 is 22.4 Å².